The minimum absolute atomic E-state index is 0.0161. The number of hydrogen-bond acceptors (Lipinski definition) is 4. The second-order valence-electron chi connectivity index (χ2n) is 4.77. The molecule has 0 aliphatic carbocycles. The summed E-state index contributed by atoms with van der Waals surface area (Å²) in [5.74, 6) is -0.222. The Morgan fingerprint density at radius 3 is 2.88 bits per heavy atom. The van der Waals surface area contributed by atoms with Gasteiger partial charge in [0, 0.05) is 18.4 Å². The minimum atomic E-state index is -1.02. The summed E-state index contributed by atoms with van der Waals surface area (Å²) in [4.78, 5) is 15.5. The van der Waals surface area contributed by atoms with Crippen molar-refractivity contribution in [2.24, 2.45) is 0 Å². The van der Waals surface area contributed by atoms with Crippen LogP contribution in [0.3, 0.4) is 0 Å². The van der Waals surface area contributed by atoms with Gasteiger partial charge < -0.3 is 14.8 Å². The number of nitrogens with zero attached hydrogens (tertiary/aromatic N) is 1. The third kappa shape index (κ3) is 2.49. The summed E-state index contributed by atoms with van der Waals surface area (Å²) in [6.07, 6.45) is 2.02. The van der Waals surface area contributed by atoms with Gasteiger partial charge >= 0.3 is 5.97 Å². The number of hydrogen-bond donors (Lipinski definition) is 2. The Morgan fingerprint density at radius 1 is 1.59 bits per heavy atom. The first-order valence-corrected chi connectivity index (χ1v) is 6.04. The van der Waals surface area contributed by atoms with Gasteiger partial charge in [0.1, 0.15) is 0 Å². The number of carboxylic acids is 1. The van der Waals surface area contributed by atoms with Crippen LogP contribution in [0.1, 0.15) is 60.7 Å². The van der Waals surface area contributed by atoms with Crippen LogP contribution in [0.4, 0.5) is 0 Å². The maximum absolute atomic E-state index is 11.1. The Hall–Kier alpha value is -1.36. The predicted molar refractivity (Wildman–Crippen MR) is 62.4 cm³/mol. The lowest BCUT2D eigenvalue weighted by molar-refractivity contribution is 0.0657. The van der Waals surface area contributed by atoms with Crippen LogP contribution in [0.5, 0.6) is 0 Å². The molecule has 1 unspecified atom stereocenters. The molecule has 2 heterocycles. The SMILES string of the molecule is CC(C)c1nc(C2CCCNC2)c(C(=O)O)o1. The maximum atomic E-state index is 11.1. The molecule has 0 spiro atoms. The first-order valence-electron chi connectivity index (χ1n) is 6.04. The molecule has 0 radical (unpaired) electrons. The van der Waals surface area contributed by atoms with E-state index >= 15 is 0 Å². The summed E-state index contributed by atoms with van der Waals surface area (Å²) < 4.78 is 5.35. The van der Waals surface area contributed by atoms with Crippen LogP contribution in [0.15, 0.2) is 4.42 Å². The second-order valence-corrected chi connectivity index (χ2v) is 4.77. The Bertz CT molecular complexity index is 406. The van der Waals surface area contributed by atoms with Crippen LogP contribution in [0, 0.1) is 0 Å². The number of piperidine rings is 1. The Balaban J connectivity index is 2.32. The van der Waals surface area contributed by atoms with Gasteiger partial charge in [0.2, 0.25) is 5.76 Å². The van der Waals surface area contributed by atoms with Crippen molar-refractivity contribution in [2.45, 2.75) is 38.5 Å². The van der Waals surface area contributed by atoms with E-state index in [0.717, 1.165) is 25.9 Å². The van der Waals surface area contributed by atoms with Crippen molar-refractivity contribution < 1.29 is 14.3 Å². The number of aromatic carboxylic acids is 1. The molecule has 1 fully saturated rings. The molecule has 1 aromatic rings. The zero-order chi connectivity index (χ0) is 12.4. The molecule has 94 valence electrons. The molecule has 1 aliphatic heterocycles. The van der Waals surface area contributed by atoms with Crippen molar-refractivity contribution in [2.75, 3.05) is 13.1 Å². The highest BCUT2D eigenvalue weighted by Gasteiger charge is 2.28. The van der Waals surface area contributed by atoms with E-state index in [1.165, 1.54) is 0 Å². The average molecular weight is 238 g/mol. The zero-order valence-corrected chi connectivity index (χ0v) is 10.2. The van der Waals surface area contributed by atoms with Gasteiger partial charge in [-0.2, -0.15) is 0 Å². The van der Waals surface area contributed by atoms with Crippen molar-refractivity contribution in [1.29, 1.82) is 0 Å². The lowest BCUT2D eigenvalue weighted by atomic mass is 9.95. The van der Waals surface area contributed by atoms with Gasteiger partial charge in [-0.3, -0.25) is 0 Å². The van der Waals surface area contributed by atoms with Gasteiger partial charge in [-0.25, -0.2) is 9.78 Å². The van der Waals surface area contributed by atoms with Crippen LogP contribution in [-0.2, 0) is 0 Å². The smallest absolute Gasteiger partial charge is 0.373 e. The zero-order valence-electron chi connectivity index (χ0n) is 10.2. The fraction of sp³-hybridized carbons (Fsp3) is 0.667. The number of oxazole rings is 1. The molecule has 5 heteroatoms. The summed E-state index contributed by atoms with van der Waals surface area (Å²) in [6, 6.07) is 0. The van der Waals surface area contributed by atoms with E-state index in [1.54, 1.807) is 0 Å². The van der Waals surface area contributed by atoms with Gasteiger partial charge in [0.15, 0.2) is 5.89 Å². The Kier molecular flexibility index (Phi) is 3.47. The lowest BCUT2D eigenvalue weighted by Crippen LogP contribution is -2.29. The van der Waals surface area contributed by atoms with Crippen LogP contribution in [0.25, 0.3) is 0 Å². The molecule has 1 aromatic heterocycles. The molecule has 0 aromatic carbocycles. The fourth-order valence-corrected chi connectivity index (χ4v) is 2.11. The monoisotopic (exact) mass is 238 g/mol. The topological polar surface area (TPSA) is 75.4 Å². The summed E-state index contributed by atoms with van der Waals surface area (Å²) in [5, 5.41) is 12.4. The van der Waals surface area contributed by atoms with E-state index < -0.39 is 5.97 Å². The second kappa shape index (κ2) is 4.87. The van der Waals surface area contributed by atoms with Crippen LogP contribution < -0.4 is 5.32 Å². The Labute approximate surface area is 100 Å². The summed E-state index contributed by atoms with van der Waals surface area (Å²) in [6.45, 7) is 5.67. The standard InChI is InChI=1S/C12H18N2O3/c1-7(2)11-14-9(10(17-11)12(15)16)8-4-3-5-13-6-8/h7-8,13H,3-6H2,1-2H3,(H,15,16). The van der Waals surface area contributed by atoms with E-state index in [1.807, 2.05) is 13.8 Å². The van der Waals surface area contributed by atoms with Crippen molar-refractivity contribution in [3.05, 3.63) is 17.3 Å². The summed E-state index contributed by atoms with van der Waals surface area (Å²) in [5.41, 5.74) is 0.605. The number of nitrogens with one attached hydrogen (secondary N) is 1. The number of rotatable bonds is 3. The summed E-state index contributed by atoms with van der Waals surface area (Å²) >= 11 is 0. The minimum Gasteiger partial charge on any atom is -0.475 e. The normalized spacial score (nSPS) is 20.8. The first kappa shape index (κ1) is 12.1. The predicted octanol–water partition coefficient (Wildman–Crippen LogP) is 1.96. The van der Waals surface area contributed by atoms with Gasteiger partial charge in [0.05, 0.1) is 5.69 Å². The Morgan fingerprint density at radius 2 is 2.35 bits per heavy atom. The molecule has 5 nitrogen and oxygen atoms in total. The van der Waals surface area contributed by atoms with Gasteiger partial charge in [0.25, 0.3) is 0 Å². The van der Waals surface area contributed by atoms with Crippen LogP contribution in [0.2, 0.25) is 0 Å². The van der Waals surface area contributed by atoms with Crippen molar-refractivity contribution in [3.63, 3.8) is 0 Å². The summed E-state index contributed by atoms with van der Waals surface area (Å²) in [7, 11) is 0. The average Bonchev–Trinajstić information content (AvgIpc) is 2.75. The van der Waals surface area contributed by atoms with Crippen LogP contribution >= 0.6 is 0 Å². The van der Waals surface area contributed by atoms with Gasteiger partial charge in [-0.1, -0.05) is 13.8 Å². The van der Waals surface area contributed by atoms with Gasteiger partial charge in [-0.05, 0) is 19.4 Å². The van der Waals surface area contributed by atoms with Crippen molar-refractivity contribution in [3.8, 4) is 0 Å². The van der Waals surface area contributed by atoms with E-state index in [0.29, 0.717) is 11.6 Å². The maximum Gasteiger partial charge on any atom is 0.373 e. The van der Waals surface area contributed by atoms with E-state index in [-0.39, 0.29) is 17.6 Å². The third-order valence-corrected chi connectivity index (χ3v) is 3.04. The molecule has 17 heavy (non-hydrogen) atoms. The fourth-order valence-electron chi connectivity index (χ4n) is 2.11. The molecule has 1 saturated heterocycles. The molecular weight excluding hydrogens is 220 g/mol. The highest BCUT2D eigenvalue weighted by molar-refractivity contribution is 5.85. The molecular formula is C12H18N2O3. The molecule has 1 atom stereocenters. The van der Waals surface area contributed by atoms with Gasteiger partial charge in [-0.15, -0.1) is 0 Å². The van der Waals surface area contributed by atoms with E-state index in [9.17, 15) is 4.79 Å². The number of carboxylic acid groups (broad SMARTS) is 1. The number of carbonyl (C=O) groups is 1. The molecule has 2 rings (SSSR count). The number of aromatic nitrogens is 1. The molecule has 1 aliphatic rings. The van der Waals surface area contributed by atoms with E-state index in [4.69, 9.17) is 9.52 Å². The highest BCUT2D eigenvalue weighted by Crippen LogP contribution is 2.28. The van der Waals surface area contributed by atoms with E-state index in [2.05, 4.69) is 10.3 Å². The quantitative estimate of drug-likeness (QED) is 0.842. The van der Waals surface area contributed by atoms with Crippen molar-refractivity contribution >= 4 is 5.97 Å². The van der Waals surface area contributed by atoms with Crippen LogP contribution in [-0.4, -0.2) is 29.1 Å². The molecule has 0 amide bonds. The third-order valence-electron chi connectivity index (χ3n) is 3.04. The first-order chi connectivity index (χ1) is 8.09. The molecule has 0 saturated carbocycles. The molecule has 2 N–H and O–H groups in total. The molecule has 0 bridgehead atoms. The van der Waals surface area contributed by atoms with Crippen molar-refractivity contribution in [1.82, 2.24) is 10.3 Å². The lowest BCUT2D eigenvalue weighted by Gasteiger charge is -2.20. The largest absolute Gasteiger partial charge is 0.475 e. The highest BCUT2D eigenvalue weighted by atomic mass is 16.4.